The fraction of sp³-hybridized carbons (Fsp3) is 0.923. The Kier molecular flexibility index (Phi) is 19.7. The number of hydrogen-bond donors (Lipinski definition) is 3. The third kappa shape index (κ3) is 18.6. The highest BCUT2D eigenvalue weighted by Gasteiger charge is 1.92. The lowest BCUT2D eigenvalue weighted by atomic mass is 10.1. The van der Waals surface area contributed by atoms with E-state index in [9.17, 15) is 0 Å². The number of nitrogens with zero attached hydrogens (tertiary/aromatic N) is 1. The summed E-state index contributed by atoms with van der Waals surface area (Å²) in [5.74, 6) is 0. The highest BCUT2D eigenvalue weighted by molar-refractivity contribution is 8.93. The molecule has 0 spiro atoms. The highest BCUT2D eigenvalue weighted by Crippen LogP contribution is 2.10. The number of halogens is 1. The molecule has 0 rings (SSSR count). The van der Waals surface area contributed by atoms with Crippen molar-refractivity contribution >= 4 is 34.8 Å². The van der Waals surface area contributed by atoms with Crippen molar-refractivity contribution in [3.05, 3.63) is 0 Å². The van der Waals surface area contributed by atoms with Gasteiger partial charge in [-0.15, -0.1) is 29.6 Å². The number of rotatable bonds is 12. The van der Waals surface area contributed by atoms with E-state index < -0.39 is 0 Å². The molecule has 0 bridgehead atoms. The molecule has 110 valence electrons. The first-order valence-electron chi connectivity index (χ1n) is 6.87. The molecule has 3 N–H and O–H groups in total. The van der Waals surface area contributed by atoms with E-state index >= 15 is 0 Å². The van der Waals surface area contributed by atoms with Crippen LogP contribution in [0.4, 0.5) is 0 Å². The van der Waals surface area contributed by atoms with Gasteiger partial charge in [0.25, 0.3) is 0 Å². The zero-order valence-corrected chi connectivity index (χ0v) is 13.9. The first-order chi connectivity index (χ1) is 8.27. The van der Waals surface area contributed by atoms with Gasteiger partial charge in [0.1, 0.15) is 0 Å². The Labute approximate surface area is 128 Å². The Morgan fingerprint density at radius 1 is 0.833 bits per heavy atom. The molecule has 18 heavy (non-hydrogen) atoms. The van der Waals surface area contributed by atoms with Crippen LogP contribution >= 0.6 is 29.6 Å². The van der Waals surface area contributed by atoms with E-state index in [1.165, 1.54) is 51.4 Å². The molecule has 0 aromatic rings. The van der Waals surface area contributed by atoms with Crippen molar-refractivity contribution in [1.82, 2.24) is 0 Å². The SMILES string of the molecule is Br.NC(S)=NCCCCCCCCCCCCO. The molecule has 0 aliphatic rings. The molecule has 0 amide bonds. The summed E-state index contributed by atoms with van der Waals surface area (Å²) in [5.41, 5.74) is 5.32. The van der Waals surface area contributed by atoms with Crippen LogP contribution in [-0.2, 0) is 0 Å². The second-order valence-corrected chi connectivity index (χ2v) is 4.96. The molecular weight excluding hydrogens is 312 g/mol. The van der Waals surface area contributed by atoms with Crippen molar-refractivity contribution in [2.75, 3.05) is 13.2 Å². The number of unbranched alkanes of at least 4 members (excludes halogenated alkanes) is 9. The summed E-state index contributed by atoms with van der Waals surface area (Å²) in [5, 5.41) is 9.02. The monoisotopic (exact) mass is 340 g/mol. The number of aliphatic imine (C=N–C) groups is 1. The molecule has 0 radical (unpaired) electrons. The van der Waals surface area contributed by atoms with Gasteiger partial charge in [0.2, 0.25) is 0 Å². The fourth-order valence-electron chi connectivity index (χ4n) is 1.83. The molecule has 0 aliphatic heterocycles. The van der Waals surface area contributed by atoms with Gasteiger partial charge in [-0.2, -0.15) is 0 Å². The lowest BCUT2D eigenvalue weighted by molar-refractivity contribution is 0.282. The van der Waals surface area contributed by atoms with Gasteiger partial charge in [-0.25, -0.2) is 0 Å². The van der Waals surface area contributed by atoms with Crippen molar-refractivity contribution in [2.24, 2.45) is 10.7 Å². The molecule has 0 heterocycles. The highest BCUT2D eigenvalue weighted by atomic mass is 79.9. The second-order valence-electron chi connectivity index (χ2n) is 4.50. The standard InChI is InChI=1S/C13H28N2OS.BrH/c14-13(17)15-11-9-7-5-3-1-2-4-6-8-10-12-16;/h16H,1-12H2,(H3,14,15,17);1H. The van der Waals surface area contributed by atoms with Crippen molar-refractivity contribution in [2.45, 2.75) is 64.2 Å². The van der Waals surface area contributed by atoms with Gasteiger partial charge >= 0.3 is 0 Å². The first kappa shape index (κ1) is 20.6. The normalized spacial score (nSPS) is 11.3. The van der Waals surface area contributed by atoms with Crippen molar-refractivity contribution in [3.63, 3.8) is 0 Å². The quantitative estimate of drug-likeness (QED) is 0.219. The lowest BCUT2D eigenvalue weighted by Crippen LogP contribution is -2.02. The minimum Gasteiger partial charge on any atom is -0.396 e. The van der Waals surface area contributed by atoms with E-state index in [2.05, 4.69) is 17.6 Å². The molecule has 0 atom stereocenters. The van der Waals surface area contributed by atoms with E-state index in [1.807, 2.05) is 0 Å². The van der Waals surface area contributed by atoms with Crippen LogP contribution in [0.2, 0.25) is 0 Å². The van der Waals surface area contributed by atoms with Crippen LogP contribution in [0.15, 0.2) is 4.99 Å². The van der Waals surface area contributed by atoms with Crippen LogP contribution in [0, 0.1) is 0 Å². The van der Waals surface area contributed by atoms with E-state index in [0.717, 1.165) is 19.4 Å². The molecule has 0 aromatic carbocycles. The molecule has 0 fully saturated rings. The Hall–Kier alpha value is 0.260. The summed E-state index contributed by atoms with van der Waals surface area (Å²) >= 11 is 3.92. The Bertz CT molecular complexity index is 188. The third-order valence-corrected chi connectivity index (χ3v) is 2.98. The summed E-state index contributed by atoms with van der Waals surface area (Å²) in [6, 6.07) is 0. The summed E-state index contributed by atoms with van der Waals surface area (Å²) in [7, 11) is 0. The van der Waals surface area contributed by atoms with E-state index in [-0.39, 0.29) is 17.0 Å². The van der Waals surface area contributed by atoms with Gasteiger partial charge in [0.15, 0.2) is 5.17 Å². The molecule has 3 nitrogen and oxygen atoms in total. The maximum atomic E-state index is 8.62. The van der Waals surface area contributed by atoms with Crippen LogP contribution in [0.1, 0.15) is 64.2 Å². The van der Waals surface area contributed by atoms with Crippen LogP contribution in [0.25, 0.3) is 0 Å². The Morgan fingerprint density at radius 2 is 1.22 bits per heavy atom. The number of aliphatic hydroxyl groups is 1. The maximum absolute atomic E-state index is 8.62. The molecule has 0 saturated heterocycles. The van der Waals surface area contributed by atoms with Crippen LogP contribution in [0.3, 0.4) is 0 Å². The number of aliphatic hydroxyl groups excluding tert-OH is 1. The topological polar surface area (TPSA) is 58.6 Å². The van der Waals surface area contributed by atoms with E-state index in [0.29, 0.717) is 11.8 Å². The van der Waals surface area contributed by atoms with Crippen molar-refractivity contribution < 1.29 is 5.11 Å². The lowest BCUT2D eigenvalue weighted by Gasteiger charge is -2.01. The smallest absolute Gasteiger partial charge is 0.150 e. The van der Waals surface area contributed by atoms with E-state index in [4.69, 9.17) is 10.8 Å². The average Bonchev–Trinajstić information content (AvgIpc) is 2.30. The predicted molar refractivity (Wildman–Crippen MR) is 89.1 cm³/mol. The fourth-order valence-corrected chi connectivity index (χ4v) is 1.93. The zero-order chi connectivity index (χ0) is 12.8. The third-order valence-electron chi connectivity index (χ3n) is 2.84. The van der Waals surface area contributed by atoms with Gasteiger partial charge < -0.3 is 10.8 Å². The summed E-state index contributed by atoms with van der Waals surface area (Å²) in [4.78, 5) is 4.04. The van der Waals surface area contributed by atoms with Gasteiger partial charge in [0, 0.05) is 13.2 Å². The zero-order valence-electron chi connectivity index (χ0n) is 11.3. The number of thiol groups is 1. The number of amidine groups is 1. The summed E-state index contributed by atoms with van der Waals surface area (Å²) in [6.45, 7) is 1.16. The second kappa shape index (κ2) is 17.3. The molecule has 0 saturated carbocycles. The summed E-state index contributed by atoms with van der Waals surface area (Å²) in [6.07, 6.45) is 12.4. The molecular formula is C13H29BrN2OS. The summed E-state index contributed by atoms with van der Waals surface area (Å²) < 4.78 is 0. The van der Waals surface area contributed by atoms with Crippen molar-refractivity contribution in [1.29, 1.82) is 0 Å². The Morgan fingerprint density at radius 3 is 1.61 bits per heavy atom. The van der Waals surface area contributed by atoms with Gasteiger partial charge in [-0.1, -0.05) is 51.4 Å². The molecule has 0 aliphatic carbocycles. The minimum atomic E-state index is 0. The van der Waals surface area contributed by atoms with Crippen LogP contribution in [0.5, 0.6) is 0 Å². The molecule has 0 aromatic heterocycles. The van der Waals surface area contributed by atoms with Crippen LogP contribution < -0.4 is 5.73 Å². The first-order valence-corrected chi connectivity index (χ1v) is 7.32. The number of hydrogen-bond acceptors (Lipinski definition) is 2. The van der Waals surface area contributed by atoms with Gasteiger partial charge in [-0.05, 0) is 12.8 Å². The largest absolute Gasteiger partial charge is 0.396 e. The van der Waals surface area contributed by atoms with E-state index in [1.54, 1.807) is 0 Å². The maximum Gasteiger partial charge on any atom is 0.150 e. The molecule has 0 unspecified atom stereocenters. The number of nitrogens with two attached hydrogens (primary N) is 1. The minimum absolute atomic E-state index is 0. The van der Waals surface area contributed by atoms with Crippen molar-refractivity contribution in [3.8, 4) is 0 Å². The average molecular weight is 341 g/mol. The molecule has 5 heteroatoms. The predicted octanol–water partition coefficient (Wildman–Crippen LogP) is 3.70. The Balaban J connectivity index is 0. The van der Waals surface area contributed by atoms with Crippen LogP contribution in [-0.4, -0.2) is 23.4 Å². The van der Waals surface area contributed by atoms with Gasteiger partial charge in [0.05, 0.1) is 0 Å². The van der Waals surface area contributed by atoms with Gasteiger partial charge in [-0.3, -0.25) is 4.99 Å².